The van der Waals surface area contributed by atoms with Gasteiger partial charge in [-0.1, -0.05) is 49.4 Å². The summed E-state index contributed by atoms with van der Waals surface area (Å²) in [5.41, 5.74) is 2.14. The van der Waals surface area contributed by atoms with Crippen LogP contribution >= 0.6 is 0 Å². The van der Waals surface area contributed by atoms with E-state index >= 15 is 0 Å². The molecular weight excluding hydrogens is 324 g/mol. The first-order valence-electron chi connectivity index (χ1n) is 9.36. The van der Waals surface area contributed by atoms with Crippen molar-refractivity contribution in [2.24, 2.45) is 5.92 Å². The number of benzene rings is 2. The number of amides is 1. The summed E-state index contributed by atoms with van der Waals surface area (Å²) in [5, 5.41) is 3.22. The Kier molecular flexibility index (Phi) is 6.29. The number of carbonyl (C=O) groups is 1. The van der Waals surface area contributed by atoms with Gasteiger partial charge in [0.05, 0.1) is 19.7 Å². The van der Waals surface area contributed by atoms with Gasteiger partial charge in [0.25, 0.3) is 0 Å². The third-order valence-corrected chi connectivity index (χ3v) is 5.13. The Morgan fingerprint density at radius 1 is 1.08 bits per heavy atom. The maximum absolute atomic E-state index is 12.7. The van der Waals surface area contributed by atoms with Crippen molar-refractivity contribution in [3.63, 3.8) is 0 Å². The van der Waals surface area contributed by atoms with Crippen molar-refractivity contribution in [3.8, 4) is 5.75 Å². The molecule has 0 spiro atoms. The van der Waals surface area contributed by atoms with E-state index in [2.05, 4.69) is 29.3 Å². The Bertz CT molecular complexity index is 692. The van der Waals surface area contributed by atoms with Gasteiger partial charge in [-0.2, -0.15) is 0 Å². The lowest BCUT2D eigenvalue weighted by molar-refractivity contribution is -0.123. The van der Waals surface area contributed by atoms with Crippen molar-refractivity contribution in [3.05, 3.63) is 65.7 Å². The van der Waals surface area contributed by atoms with Crippen LogP contribution in [0, 0.1) is 5.92 Å². The van der Waals surface area contributed by atoms with Gasteiger partial charge in [0, 0.05) is 0 Å². The molecule has 0 unspecified atom stereocenters. The highest BCUT2D eigenvalue weighted by molar-refractivity contribution is 5.79. The summed E-state index contributed by atoms with van der Waals surface area (Å²) >= 11 is 0. The molecule has 0 aliphatic carbocycles. The van der Waals surface area contributed by atoms with Gasteiger partial charge in [-0.3, -0.25) is 9.69 Å². The standard InChI is InChI=1S/C22H28N2O2/c1-17-12-14-24(15-13-17)16-21(25)23-22(18-6-4-3-5-7-18)19-8-10-20(26-2)11-9-19/h3-11,17,22H,12-16H2,1-2H3,(H,23,25)/t22-/m0/s1. The molecule has 138 valence electrons. The highest BCUT2D eigenvalue weighted by atomic mass is 16.5. The summed E-state index contributed by atoms with van der Waals surface area (Å²) in [7, 11) is 1.66. The van der Waals surface area contributed by atoms with Gasteiger partial charge in [-0.05, 0) is 55.1 Å². The van der Waals surface area contributed by atoms with E-state index in [9.17, 15) is 4.79 Å². The quantitative estimate of drug-likeness (QED) is 0.863. The average Bonchev–Trinajstić information content (AvgIpc) is 2.69. The normalized spacial score (nSPS) is 16.8. The van der Waals surface area contributed by atoms with Crippen molar-refractivity contribution < 1.29 is 9.53 Å². The molecule has 1 N–H and O–H groups in total. The Hall–Kier alpha value is -2.33. The summed E-state index contributed by atoms with van der Waals surface area (Å²) in [6.45, 7) is 4.76. The van der Waals surface area contributed by atoms with Gasteiger partial charge in [0.2, 0.25) is 5.91 Å². The number of nitrogens with zero attached hydrogens (tertiary/aromatic N) is 1. The second-order valence-electron chi connectivity index (χ2n) is 7.14. The van der Waals surface area contributed by atoms with E-state index in [0.29, 0.717) is 6.54 Å². The van der Waals surface area contributed by atoms with Crippen LogP contribution in [0.15, 0.2) is 54.6 Å². The zero-order valence-corrected chi connectivity index (χ0v) is 15.7. The molecule has 1 saturated heterocycles. The van der Waals surface area contributed by atoms with E-state index in [1.54, 1.807) is 7.11 Å². The number of piperidine rings is 1. The molecule has 1 heterocycles. The first-order valence-corrected chi connectivity index (χ1v) is 9.36. The topological polar surface area (TPSA) is 41.6 Å². The zero-order valence-electron chi connectivity index (χ0n) is 15.7. The van der Waals surface area contributed by atoms with E-state index < -0.39 is 0 Å². The zero-order chi connectivity index (χ0) is 18.4. The minimum Gasteiger partial charge on any atom is -0.497 e. The largest absolute Gasteiger partial charge is 0.497 e. The lowest BCUT2D eigenvalue weighted by Crippen LogP contribution is -2.42. The van der Waals surface area contributed by atoms with Gasteiger partial charge in [-0.25, -0.2) is 0 Å². The van der Waals surface area contributed by atoms with E-state index in [-0.39, 0.29) is 11.9 Å². The molecule has 0 bridgehead atoms. The molecule has 1 aliphatic heterocycles. The Morgan fingerprint density at radius 3 is 2.31 bits per heavy atom. The van der Waals surface area contributed by atoms with E-state index in [1.165, 1.54) is 12.8 Å². The van der Waals surface area contributed by atoms with Crippen molar-refractivity contribution in [1.29, 1.82) is 0 Å². The summed E-state index contributed by atoms with van der Waals surface area (Å²) in [6, 6.07) is 17.8. The molecular formula is C22H28N2O2. The van der Waals surface area contributed by atoms with Crippen LogP contribution in [0.25, 0.3) is 0 Å². The second-order valence-corrected chi connectivity index (χ2v) is 7.14. The number of ether oxygens (including phenoxy) is 1. The Balaban J connectivity index is 1.72. The highest BCUT2D eigenvalue weighted by Gasteiger charge is 2.21. The highest BCUT2D eigenvalue weighted by Crippen LogP contribution is 2.24. The third-order valence-electron chi connectivity index (χ3n) is 5.13. The third kappa shape index (κ3) is 4.85. The van der Waals surface area contributed by atoms with Crippen LogP contribution in [-0.4, -0.2) is 37.6 Å². The molecule has 0 aromatic heterocycles. The molecule has 0 saturated carbocycles. The number of methoxy groups -OCH3 is 1. The molecule has 1 aliphatic rings. The second kappa shape index (κ2) is 8.86. The van der Waals surface area contributed by atoms with Gasteiger partial charge < -0.3 is 10.1 Å². The van der Waals surface area contributed by atoms with E-state index in [1.807, 2.05) is 42.5 Å². The van der Waals surface area contributed by atoms with Crippen LogP contribution in [0.1, 0.15) is 36.9 Å². The number of hydrogen-bond acceptors (Lipinski definition) is 3. The minimum absolute atomic E-state index is 0.0734. The number of carbonyl (C=O) groups excluding carboxylic acids is 1. The molecule has 1 atom stereocenters. The van der Waals surface area contributed by atoms with Crippen LogP contribution in [-0.2, 0) is 4.79 Å². The molecule has 2 aromatic rings. The molecule has 1 amide bonds. The van der Waals surface area contributed by atoms with Crippen molar-refractivity contribution in [2.45, 2.75) is 25.8 Å². The van der Waals surface area contributed by atoms with Crippen molar-refractivity contribution in [1.82, 2.24) is 10.2 Å². The Labute approximate surface area is 156 Å². The predicted octanol–water partition coefficient (Wildman–Crippen LogP) is 3.63. The Morgan fingerprint density at radius 2 is 1.69 bits per heavy atom. The number of hydrogen-bond donors (Lipinski definition) is 1. The molecule has 1 fully saturated rings. The first-order chi connectivity index (χ1) is 12.7. The predicted molar refractivity (Wildman–Crippen MR) is 104 cm³/mol. The summed E-state index contributed by atoms with van der Waals surface area (Å²) in [5.74, 6) is 1.66. The van der Waals surface area contributed by atoms with Crippen LogP contribution in [0.2, 0.25) is 0 Å². The fourth-order valence-corrected chi connectivity index (χ4v) is 3.43. The average molecular weight is 352 g/mol. The van der Waals surface area contributed by atoms with Gasteiger partial charge in [0.1, 0.15) is 5.75 Å². The number of rotatable bonds is 6. The van der Waals surface area contributed by atoms with E-state index in [0.717, 1.165) is 35.9 Å². The lowest BCUT2D eigenvalue weighted by atomic mass is 9.98. The molecule has 2 aromatic carbocycles. The van der Waals surface area contributed by atoms with Gasteiger partial charge in [0.15, 0.2) is 0 Å². The molecule has 4 nitrogen and oxygen atoms in total. The molecule has 0 radical (unpaired) electrons. The summed E-state index contributed by atoms with van der Waals surface area (Å²) in [6.07, 6.45) is 2.35. The maximum Gasteiger partial charge on any atom is 0.234 e. The van der Waals surface area contributed by atoms with Gasteiger partial charge in [-0.15, -0.1) is 0 Å². The fraction of sp³-hybridized carbons (Fsp3) is 0.409. The molecule has 26 heavy (non-hydrogen) atoms. The fourth-order valence-electron chi connectivity index (χ4n) is 3.43. The maximum atomic E-state index is 12.7. The van der Waals surface area contributed by atoms with Gasteiger partial charge >= 0.3 is 0 Å². The first kappa shape index (κ1) is 18.5. The van der Waals surface area contributed by atoms with E-state index in [4.69, 9.17) is 4.74 Å². The SMILES string of the molecule is COc1ccc([C@@H](NC(=O)CN2CCC(C)CC2)c2ccccc2)cc1. The smallest absolute Gasteiger partial charge is 0.234 e. The summed E-state index contributed by atoms with van der Waals surface area (Å²) < 4.78 is 5.25. The van der Waals surface area contributed by atoms with Crippen LogP contribution in [0.3, 0.4) is 0 Å². The van der Waals surface area contributed by atoms with Crippen molar-refractivity contribution in [2.75, 3.05) is 26.7 Å². The summed E-state index contributed by atoms with van der Waals surface area (Å²) in [4.78, 5) is 15.0. The number of nitrogens with one attached hydrogen (secondary N) is 1. The molecule has 4 heteroatoms. The monoisotopic (exact) mass is 352 g/mol. The van der Waals surface area contributed by atoms with Crippen molar-refractivity contribution >= 4 is 5.91 Å². The number of likely N-dealkylation sites (tertiary alicyclic amines) is 1. The van der Waals surface area contributed by atoms with Crippen LogP contribution in [0.5, 0.6) is 5.75 Å². The minimum atomic E-state index is -0.154. The molecule has 3 rings (SSSR count). The van der Waals surface area contributed by atoms with Crippen LogP contribution < -0.4 is 10.1 Å². The van der Waals surface area contributed by atoms with Crippen LogP contribution in [0.4, 0.5) is 0 Å². The lowest BCUT2D eigenvalue weighted by Gasteiger charge is -2.30.